The first-order chi connectivity index (χ1) is 5.22. The summed E-state index contributed by atoms with van der Waals surface area (Å²) >= 11 is 12.2. The Kier molecular flexibility index (Phi) is 4.64. The van der Waals surface area contributed by atoms with Crippen LogP contribution in [0.2, 0.25) is 0 Å². The van der Waals surface area contributed by atoms with Crippen molar-refractivity contribution >= 4 is 59.1 Å². The Morgan fingerprint density at radius 3 is 2.64 bits per heavy atom. The highest BCUT2D eigenvalue weighted by molar-refractivity contribution is 9.12. The predicted molar refractivity (Wildman–Crippen MR) is 62.2 cm³/mol. The lowest BCUT2D eigenvalue weighted by atomic mass is 10.3. The van der Waals surface area contributed by atoms with E-state index in [0.29, 0.717) is 4.83 Å². The summed E-state index contributed by atoms with van der Waals surface area (Å²) in [6.07, 6.45) is 1.10. The molecular formula is C7H7Br3S. The summed E-state index contributed by atoms with van der Waals surface area (Å²) in [7, 11) is 0. The molecule has 0 spiro atoms. The fourth-order valence-corrected chi connectivity index (χ4v) is 3.09. The highest BCUT2D eigenvalue weighted by atomic mass is 79.9. The van der Waals surface area contributed by atoms with E-state index in [4.69, 9.17) is 0 Å². The van der Waals surface area contributed by atoms with Gasteiger partial charge in [-0.2, -0.15) is 0 Å². The average molecular weight is 363 g/mol. The third-order valence-electron chi connectivity index (χ3n) is 1.22. The molecular weight excluding hydrogens is 356 g/mol. The van der Waals surface area contributed by atoms with Crippen molar-refractivity contribution in [3.8, 4) is 0 Å². The van der Waals surface area contributed by atoms with Crippen LogP contribution in [0.25, 0.3) is 0 Å². The molecule has 0 amide bonds. The number of hydrogen-bond donors (Lipinski definition) is 0. The molecule has 1 heterocycles. The van der Waals surface area contributed by atoms with E-state index >= 15 is 0 Å². The predicted octanol–water partition coefficient (Wildman–Crippen LogP) is 4.21. The first kappa shape index (κ1) is 10.2. The zero-order valence-electron chi connectivity index (χ0n) is 5.69. The SMILES string of the molecule is BrCC(Br)Cc1ccc(Br)s1. The second kappa shape index (κ2) is 5.00. The van der Waals surface area contributed by atoms with E-state index in [9.17, 15) is 0 Å². The second-order valence-electron chi connectivity index (χ2n) is 2.16. The highest BCUT2D eigenvalue weighted by Crippen LogP contribution is 2.24. The van der Waals surface area contributed by atoms with Crippen molar-refractivity contribution in [3.63, 3.8) is 0 Å². The van der Waals surface area contributed by atoms with Gasteiger partial charge < -0.3 is 0 Å². The molecule has 62 valence electrons. The van der Waals surface area contributed by atoms with E-state index in [1.54, 1.807) is 11.3 Å². The number of thiophene rings is 1. The van der Waals surface area contributed by atoms with Gasteiger partial charge in [0.1, 0.15) is 0 Å². The Bertz CT molecular complexity index is 221. The maximum atomic E-state index is 3.57. The first-order valence-electron chi connectivity index (χ1n) is 3.16. The Morgan fingerprint density at radius 1 is 1.45 bits per heavy atom. The van der Waals surface area contributed by atoms with Gasteiger partial charge in [0.05, 0.1) is 3.79 Å². The van der Waals surface area contributed by atoms with E-state index in [-0.39, 0.29) is 0 Å². The highest BCUT2D eigenvalue weighted by Gasteiger charge is 2.04. The van der Waals surface area contributed by atoms with Crippen LogP contribution in [0.4, 0.5) is 0 Å². The Balaban J connectivity index is 2.50. The van der Waals surface area contributed by atoms with Gasteiger partial charge in [-0.3, -0.25) is 0 Å². The molecule has 0 saturated carbocycles. The zero-order valence-corrected chi connectivity index (χ0v) is 11.3. The molecule has 0 bridgehead atoms. The van der Waals surface area contributed by atoms with Crippen molar-refractivity contribution in [2.75, 3.05) is 5.33 Å². The maximum Gasteiger partial charge on any atom is 0.0701 e. The fourth-order valence-electron chi connectivity index (χ4n) is 0.734. The molecule has 0 aromatic carbocycles. The molecule has 0 N–H and O–H groups in total. The molecule has 1 atom stereocenters. The molecule has 0 radical (unpaired) electrons. The van der Waals surface area contributed by atoms with Crippen LogP contribution < -0.4 is 0 Å². The molecule has 4 heteroatoms. The molecule has 0 aliphatic rings. The van der Waals surface area contributed by atoms with Gasteiger partial charge in [0, 0.05) is 15.0 Å². The van der Waals surface area contributed by atoms with E-state index in [2.05, 4.69) is 59.9 Å². The number of rotatable bonds is 3. The Labute approximate surface area is 95.8 Å². The lowest BCUT2D eigenvalue weighted by Gasteiger charge is -2.01. The summed E-state index contributed by atoms with van der Waals surface area (Å²) in [4.78, 5) is 1.96. The van der Waals surface area contributed by atoms with E-state index in [1.807, 2.05) is 0 Å². The van der Waals surface area contributed by atoms with Crippen molar-refractivity contribution in [1.29, 1.82) is 0 Å². The van der Waals surface area contributed by atoms with Crippen molar-refractivity contribution in [2.24, 2.45) is 0 Å². The minimum absolute atomic E-state index is 0.549. The van der Waals surface area contributed by atoms with E-state index in [1.165, 1.54) is 8.66 Å². The van der Waals surface area contributed by atoms with Gasteiger partial charge in [0.25, 0.3) is 0 Å². The van der Waals surface area contributed by atoms with Crippen molar-refractivity contribution in [2.45, 2.75) is 11.2 Å². The minimum Gasteiger partial charge on any atom is -0.133 e. The molecule has 0 saturated heterocycles. The van der Waals surface area contributed by atoms with Gasteiger partial charge in [0.15, 0.2) is 0 Å². The zero-order chi connectivity index (χ0) is 8.27. The Morgan fingerprint density at radius 2 is 2.18 bits per heavy atom. The molecule has 0 nitrogen and oxygen atoms in total. The Hall–Kier alpha value is 1.14. The molecule has 1 aromatic heterocycles. The normalized spacial score (nSPS) is 13.4. The quantitative estimate of drug-likeness (QED) is 0.706. The molecule has 1 rings (SSSR count). The smallest absolute Gasteiger partial charge is 0.0701 e. The monoisotopic (exact) mass is 360 g/mol. The third kappa shape index (κ3) is 3.57. The molecule has 0 aliphatic carbocycles. The number of halogens is 3. The van der Waals surface area contributed by atoms with Crippen LogP contribution in [-0.2, 0) is 6.42 Å². The summed E-state index contributed by atoms with van der Waals surface area (Å²) in [5.74, 6) is 0. The van der Waals surface area contributed by atoms with Crippen LogP contribution in [0.3, 0.4) is 0 Å². The summed E-state index contributed by atoms with van der Waals surface area (Å²) in [6, 6.07) is 4.25. The summed E-state index contributed by atoms with van der Waals surface area (Å²) in [5.41, 5.74) is 0. The standard InChI is InChI=1S/C7H7Br3S/c8-4-5(9)3-6-1-2-7(10)11-6/h1-2,5H,3-4H2. The van der Waals surface area contributed by atoms with Crippen LogP contribution in [0, 0.1) is 0 Å². The third-order valence-corrected chi connectivity index (χ3v) is 5.16. The summed E-state index contributed by atoms with van der Waals surface area (Å²) in [6.45, 7) is 0. The van der Waals surface area contributed by atoms with Crippen LogP contribution in [0.1, 0.15) is 4.88 Å². The lowest BCUT2D eigenvalue weighted by Crippen LogP contribution is -2.01. The number of alkyl halides is 2. The van der Waals surface area contributed by atoms with E-state index < -0.39 is 0 Å². The van der Waals surface area contributed by atoms with Crippen molar-refractivity contribution in [1.82, 2.24) is 0 Å². The van der Waals surface area contributed by atoms with Gasteiger partial charge in [-0.25, -0.2) is 0 Å². The van der Waals surface area contributed by atoms with Gasteiger partial charge in [-0.1, -0.05) is 31.9 Å². The van der Waals surface area contributed by atoms with Crippen LogP contribution in [0.15, 0.2) is 15.9 Å². The molecule has 1 unspecified atom stereocenters. The molecule has 1 aromatic rings. The van der Waals surface area contributed by atoms with Crippen LogP contribution in [0.5, 0.6) is 0 Å². The van der Waals surface area contributed by atoms with Gasteiger partial charge in [0.2, 0.25) is 0 Å². The van der Waals surface area contributed by atoms with Crippen LogP contribution >= 0.6 is 59.1 Å². The second-order valence-corrected chi connectivity index (χ2v) is 6.65. The van der Waals surface area contributed by atoms with Crippen molar-refractivity contribution in [3.05, 3.63) is 20.8 Å². The maximum absolute atomic E-state index is 3.57. The van der Waals surface area contributed by atoms with Gasteiger partial charge in [-0.05, 0) is 34.5 Å². The van der Waals surface area contributed by atoms with E-state index in [0.717, 1.165) is 11.8 Å². The van der Waals surface area contributed by atoms with Gasteiger partial charge >= 0.3 is 0 Å². The average Bonchev–Trinajstić information content (AvgIpc) is 2.35. The molecule has 0 fully saturated rings. The topological polar surface area (TPSA) is 0 Å². The van der Waals surface area contributed by atoms with Crippen LogP contribution in [-0.4, -0.2) is 10.2 Å². The summed E-state index contributed by atoms with van der Waals surface area (Å²) in [5, 5.41) is 1.00. The van der Waals surface area contributed by atoms with Crippen molar-refractivity contribution < 1.29 is 0 Å². The number of hydrogen-bond acceptors (Lipinski definition) is 1. The largest absolute Gasteiger partial charge is 0.133 e. The van der Waals surface area contributed by atoms with Gasteiger partial charge in [-0.15, -0.1) is 11.3 Å². The fraction of sp³-hybridized carbons (Fsp3) is 0.429. The molecule has 0 aliphatic heterocycles. The minimum atomic E-state index is 0.549. The summed E-state index contributed by atoms with van der Waals surface area (Å²) < 4.78 is 1.21. The molecule has 11 heavy (non-hydrogen) atoms. The lowest BCUT2D eigenvalue weighted by molar-refractivity contribution is 0.999. The first-order valence-corrected chi connectivity index (χ1v) is 6.81.